The van der Waals surface area contributed by atoms with E-state index in [0.29, 0.717) is 23.1 Å². The minimum absolute atomic E-state index is 0.259. The summed E-state index contributed by atoms with van der Waals surface area (Å²) in [6.07, 6.45) is -4.40. The van der Waals surface area contributed by atoms with E-state index in [1.165, 1.54) is 6.07 Å². The zero-order valence-corrected chi connectivity index (χ0v) is 15.3. The van der Waals surface area contributed by atoms with Crippen molar-refractivity contribution >= 4 is 11.0 Å². The molecular formula is C22H13F3N4O. The van der Waals surface area contributed by atoms with Gasteiger partial charge in [-0.1, -0.05) is 47.6 Å². The van der Waals surface area contributed by atoms with E-state index in [-0.39, 0.29) is 5.52 Å². The van der Waals surface area contributed by atoms with Gasteiger partial charge >= 0.3 is 6.18 Å². The zero-order chi connectivity index (χ0) is 20.7. The van der Waals surface area contributed by atoms with Crippen molar-refractivity contribution < 1.29 is 17.7 Å². The topological polar surface area (TPSA) is 67.6 Å². The number of fused-ring (bicyclic) bond motifs is 1. The fourth-order valence-electron chi connectivity index (χ4n) is 3.13. The summed E-state index contributed by atoms with van der Waals surface area (Å²) >= 11 is 0. The molecule has 0 spiro atoms. The maximum Gasteiger partial charge on any atom is 0.416 e. The third-order valence-corrected chi connectivity index (χ3v) is 4.67. The van der Waals surface area contributed by atoms with Crippen molar-refractivity contribution in [2.75, 3.05) is 0 Å². The van der Waals surface area contributed by atoms with Crippen LogP contribution in [0.15, 0.2) is 77.3 Å². The Morgan fingerprint density at radius 1 is 0.767 bits per heavy atom. The number of rotatable bonds is 3. The highest BCUT2D eigenvalue weighted by Gasteiger charge is 2.30. The van der Waals surface area contributed by atoms with E-state index in [4.69, 9.17) is 4.52 Å². The minimum atomic E-state index is -4.40. The maximum absolute atomic E-state index is 12.9. The van der Waals surface area contributed by atoms with Crippen LogP contribution in [0.25, 0.3) is 45.3 Å². The van der Waals surface area contributed by atoms with Crippen LogP contribution >= 0.6 is 0 Å². The summed E-state index contributed by atoms with van der Waals surface area (Å²) < 4.78 is 44.0. The lowest BCUT2D eigenvalue weighted by Gasteiger charge is -2.04. The normalized spacial score (nSPS) is 11.8. The molecule has 0 fully saturated rings. The number of nitrogens with zero attached hydrogens (tertiary/aromatic N) is 3. The van der Waals surface area contributed by atoms with E-state index >= 15 is 0 Å². The molecule has 2 aromatic heterocycles. The number of imidazole rings is 1. The van der Waals surface area contributed by atoms with Gasteiger partial charge in [-0.15, -0.1) is 0 Å². The molecule has 0 aliphatic carbocycles. The average molecular weight is 406 g/mol. The van der Waals surface area contributed by atoms with Gasteiger partial charge in [0, 0.05) is 16.7 Å². The summed E-state index contributed by atoms with van der Waals surface area (Å²) in [6.45, 7) is 0. The van der Waals surface area contributed by atoms with E-state index in [1.54, 1.807) is 12.1 Å². The molecule has 0 saturated carbocycles. The molecule has 0 amide bonds. The predicted octanol–water partition coefficient (Wildman–Crippen LogP) is 5.97. The summed E-state index contributed by atoms with van der Waals surface area (Å²) in [5.41, 5.74) is 2.38. The smallest absolute Gasteiger partial charge is 0.338 e. The molecule has 8 heteroatoms. The number of H-pyrrole nitrogens is 1. The Bertz CT molecular complexity index is 1320. The van der Waals surface area contributed by atoms with E-state index < -0.39 is 11.7 Å². The molecule has 5 nitrogen and oxygen atoms in total. The Balaban J connectivity index is 1.43. The van der Waals surface area contributed by atoms with E-state index in [1.807, 2.05) is 42.5 Å². The summed E-state index contributed by atoms with van der Waals surface area (Å²) in [4.78, 5) is 11.8. The van der Waals surface area contributed by atoms with Crippen LogP contribution in [0.4, 0.5) is 13.2 Å². The van der Waals surface area contributed by atoms with Crippen LogP contribution in [0.3, 0.4) is 0 Å². The van der Waals surface area contributed by atoms with Gasteiger partial charge in [0.15, 0.2) is 0 Å². The second-order valence-corrected chi connectivity index (χ2v) is 6.68. The SMILES string of the molecule is FC(F)(F)c1ccc2[nH]c(-c3ccc(-c4noc(-c5ccccc5)n4)cc3)nc2c1. The van der Waals surface area contributed by atoms with Crippen LogP contribution in [0, 0.1) is 0 Å². The number of nitrogens with one attached hydrogen (secondary N) is 1. The van der Waals surface area contributed by atoms with E-state index in [9.17, 15) is 13.2 Å². The second-order valence-electron chi connectivity index (χ2n) is 6.68. The molecule has 3 aromatic carbocycles. The Hall–Kier alpha value is -3.94. The fourth-order valence-corrected chi connectivity index (χ4v) is 3.13. The number of halogens is 3. The van der Waals surface area contributed by atoms with Crippen molar-refractivity contribution in [3.05, 3.63) is 78.4 Å². The van der Waals surface area contributed by atoms with Crippen LogP contribution in [0.5, 0.6) is 0 Å². The molecule has 0 aliphatic heterocycles. The van der Waals surface area contributed by atoms with Gasteiger partial charge < -0.3 is 9.51 Å². The molecule has 5 aromatic rings. The Kier molecular flexibility index (Phi) is 4.13. The number of benzene rings is 3. The largest absolute Gasteiger partial charge is 0.416 e. The Labute approximate surface area is 168 Å². The number of aromatic amines is 1. The maximum atomic E-state index is 12.9. The van der Waals surface area contributed by atoms with Crippen LogP contribution in [0.1, 0.15) is 5.56 Å². The molecule has 0 aliphatic rings. The Morgan fingerprint density at radius 3 is 2.23 bits per heavy atom. The monoisotopic (exact) mass is 406 g/mol. The summed E-state index contributed by atoms with van der Waals surface area (Å²) in [5, 5.41) is 4.02. The number of alkyl halides is 3. The van der Waals surface area contributed by atoms with Crippen LogP contribution in [0.2, 0.25) is 0 Å². The number of hydrogen-bond donors (Lipinski definition) is 1. The first-order valence-electron chi connectivity index (χ1n) is 9.04. The fraction of sp³-hybridized carbons (Fsp3) is 0.0455. The molecular weight excluding hydrogens is 393 g/mol. The van der Waals surface area contributed by atoms with Crippen LogP contribution in [-0.4, -0.2) is 20.1 Å². The molecule has 0 saturated heterocycles. The molecule has 1 N–H and O–H groups in total. The first-order valence-corrected chi connectivity index (χ1v) is 9.04. The van der Waals surface area contributed by atoms with Gasteiger partial charge in [0.2, 0.25) is 5.82 Å². The molecule has 0 bridgehead atoms. The predicted molar refractivity (Wildman–Crippen MR) is 105 cm³/mol. The highest BCUT2D eigenvalue weighted by atomic mass is 19.4. The Morgan fingerprint density at radius 2 is 1.50 bits per heavy atom. The third kappa shape index (κ3) is 3.32. The first kappa shape index (κ1) is 18.1. The lowest BCUT2D eigenvalue weighted by atomic mass is 10.1. The van der Waals surface area contributed by atoms with Crippen molar-refractivity contribution in [3.63, 3.8) is 0 Å². The van der Waals surface area contributed by atoms with Gasteiger partial charge in [-0.2, -0.15) is 18.2 Å². The van der Waals surface area contributed by atoms with Crippen molar-refractivity contribution in [2.45, 2.75) is 6.18 Å². The molecule has 0 unspecified atom stereocenters. The summed E-state index contributed by atoms with van der Waals surface area (Å²) in [7, 11) is 0. The standard InChI is InChI=1S/C22H13F3N4O/c23-22(24,25)16-10-11-17-18(12-16)27-19(26-17)13-6-8-14(9-7-13)20-28-21(30-29-20)15-4-2-1-3-5-15/h1-12H,(H,26,27). The van der Waals surface area contributed by atoms with Gasteiger partial charge in [-0.3, -0.25) is 0 Å². The molecule has 30 heavy (non-hydrogen) atoms. The van der Waals surface area contributed by atoms with Crippen LogP contribution in [-0.2, 0) is 6.18 Å². The molecule has 0 atom stereocenters. The van der Waals surface area contributed by atoms with Crippen LogP contribution < -0.4 is 0 Å². The molecule has 5 rings (SSSR count). The number of hydrogen-bond acceptors (Lipinski definition) is 4. The van der Waals surface area contributed by atoms with Gasteiger partial charge in [-0.25, -0.2) is 4.98 Å². The van der Waals surface area contributed by atoms with Gasteiger partial charge in [0.05, 0.1) is 16.6 Å². The lowest BCUT2D eigenvalue weighted by molar-refractivity contribution is -0.137. The lowest BCUT2D eigenvalue weighted by Crippen LogP contribution is -2.04. The van der Waals surface area contributed by atoms with Gasteiger partial charge in [-0.05, 0) is 30.3 Å². The molecule has 0 radical (unpaired) electrons. The van der Waals surface area contributed by atoms with Crippen molar-refractivity contribution in [1.82, 2.24) is 20.1 Å². The van der Waals surface area contributed by atoms with Crippen molar-refractivity contribution in [1.29, 1.82) is 0 Å². The zero-order valence-electron chi connectivity index (χ0n) is 15.3. The summed E-state index contributed by atoms with van der Waals surface area (Å²) in [6, 6.07) is 20.1. The van der Waals surface area contributed by atoms with Crippen molar-refractivity contribution in [3.8, 4) is 34.2 Å². The van der Waals surface area contributed by atoms with E-state index in [0.717, 1.165) is 28.8 Å². The average Bonchev–Trinajstić information content (AvgIpc) is 3.41. The first-order chi connectivity index (χ1) is 14.5. The van der Waals surface area contributed by atoms with Gasteiger partial charge in [0.25, 0.3) is 5.89 Å². The number of aromatic nitrogens is 4. The molecule has 148 valence electrons. The quantitative estimate of drug-likeness (QED) is 0.401. The van der Waals surface area contributed by atoms with E-state index in [2.05, 4.69) is 20.1 Å². The molecule has 2 heterocycles. The highest BCUT2D eigenvalue weighted by molar-refractivity contribution is 5.80. The second kappa shape index (κ2) is 6.84. The highest BCUT2D eigenvalue weighted by Crippen LogP contribution is 2.32. The minimum Gasteiger partial charge on any atom is -0.338 e. The third-order valence-electron chi connectivity index (χ3n) is 4.67. The van der Waals surface area contributed by atoms with Crippen molar-refractivity contribution in [2.24, 2.45) is 0 Å². The van der Waals surface area contributed by atoms with Gasteiger partial charge in [0.1, 0.15) is 5.82 Å². The summed E-state index contributed by atoms with van der Waals surface area (Å²) in [5.74, 6) is 1.35.